The van der Waals surface area contributed by atoms with Crippen LogP contribution in [-0.2, 0) is 4.74 Å². The van der Waals surface area contributed by atoms with Crippen LogP contribution in [0.5, 0.6) is 5.88 Å². The van der Waals surface area contributed by atoms with E-state index in [-0.39, 0.29) is 0 Å². The molecule has 1 heterocycles. The van der Waals surface area contributed by atoms with Gasteiger partial charge in [-0.15, -0.1) is 0 Å². The zero-order valence-electron chi connectivity index (χ0n) is 10.2. The standard InChI is InChI=1S/C12H17N3O2/c1-16-10-9-15(8-4-7-13)11-5-3-6-12(14-11)17-2/h3,5-6H,4,8-10H2,1-2H3. The smallest absolute Gasteiger partial charge is 0.214 e. The van der Waals surface area contributed by atoms with Gasteiger partial charge in [-0.2, -0.15) is 10.2 Å². The van der Waals surface area contributed by atoms with Gasteiger partial charge in [0.1, 0.15) is 5.82 Å². The minimum atomic E-state index is 0.461. The van der Waals surface area contributed by atoms with Crippen LogP contribution in [0.1, 0.15) is 6.42 Å². The van der Waals surface area contributed by atoms with Crippen molar-refractivity contribution in [1.29, 1.82) is 5.26 Å². The van der Waals surface area contributed by atoms with E-state index < -0.39 is 0 Å². The molecule has 1 aromatic rings. The molecule has 0 radical (unpaired) electrons. The van der Waals surface area contributed by atoms with E-state index in [1.165, 1.54) is 0 Å². The molecule has 1 aromatic heterocycles. The van der Waals surface area contributed by atoms with Gasteiger partial charge in [0.15, 0.2) is 0 Å². The number of ether oxygens (including phenoxy) is 2. The number of pyridine rings is 1. The van der Waals surface area contributed by atoms with E-state index in [0.717, 1.165) is 5.82 Å². The second-order valence-corrected chi connectivity index (χ2v) is 3.43. The lowest BCUT2D eigenvalue weighted by Gasteiger charge is -2.22. The summed E-state index contributed by atoms with van der Waals surface area (Å²) in [4.78, 5) is 6.35. The lowest BCUT2D eigenvalue weighted by molar-refractivity contribution is 0.205. The predicted molar refractivity (Wildman–Crippen MR) is 65.1 cm³/mol. The van der Waals surface area contributed by atoms with Gasteiger partial charge in [0.05, 0.1) is 26.2 Å². The second kappa shape index (κ2) is 7.47. The van der Waals surface area contributed by atoms with Gasteiger partial charge in [-0.3, -0.25) is 0 Å². The third kappa shape index (κ3) is 4.29. The summed E-state index contributed by atoms with van der Waals surface area (Å²) < 4.78 is 10.1. The molecule has 17 heavy (non-hydrogen) atoms. The number of rotatable bonds is 7. The SMILES string of the molecule is COCCN(CCC#N)c1cccc(OC)n1. The number of anilines is 1. The van der Waals surface area contributed by atoms with Gasteiger partial charge in [0, 0.05) is 26.3 Å². The van der Waals surface area contributed by atoms with E-state index in [2.05, 4.69) is 11.1 Å². The molecule has 0 aliphatic rings. The van der Waals surface area contributed by atoms with Gasteiger partial charge < -0.3 is 14.4 Å². The molecular weight excluding hydrogens is 218 g/mol. The van der Waals surface area contributed by atoms with Crippen molar-refractivity contribution in [2.45, 2.75) is 6.42 Å². The summed E-state index contributed by atoms with van der Waals surface area (Å²) in [6.07, 6.45) is 0.461. The van der Waals surface area contributed by atoms with E-state index in [1.807, 2.05) is 17.0 Å². The number of hydrogen-bond acceptors (Lipinski definition) is 5. The fraction of sp³-hybridized carbons (Fsp3) is 0.500. The van der Waals surface area contributed by atoms with Crippen LogP contribution in [0.15, 0.2) is 18.2 Å². The zero-order valence-corrected chi connectivity index (χ0v) is 10.2. The quantitative estimate of drug-likeness (QED) is 0.716. The average molecular weight is 235 g/mol. The highest BCUT2D eigenvalue weighted by atomic mass is 16.5. The maximum absolute atomic E-state index is 8.64. The average Bonchev–Trinajstić information content (AvgIpc) is 2.39. The summed E-state index contributed by atoms with van der Waals surface area (Å²) in [6.45, 7) is 1.95. The number of nitriles is 1. The largest absolute Gasteiger partial charge is 0.481 e. The van der Waals surface area contributed by atoms with Crippen LogP contribution in [0.4, 0.5) is 5.82 Å². The topological polar surface area (TPSA) is 58.4 Å². The Kier molecular flexibility index (Phi) is 5.83. The van der Waals surface area contributed by atoms with E-state index in [1.54, 1.807) is 20.3 Å². The second-order valence-electron chi connectivity index (χ2n) is 3.43. The van der Waals surface area contributed by atoms with Crippen LogP contribution in [0.3, 0.4) is 0 Å². The highest BCUT2D eigenvalue weighted by Crippen LogP contribution is 2.15. The van der Waals surface area contributed by atoms with Gasteiger partial charge >= 0.3 is 0 Å². The predicted octanol–water partition coefficient (Wildman–Crippen LogP) is 1.46. The molecule has 0 N–H and O–H groups in total. The summed E-state index contributed by atoms with van der Waals surface area (Å²) in [5.74, 6) is 1.37. The molecule has 0 unspecified atom stereocenters. The number of hydrogen-bond donors (Lipinski definition) is 0. The van der Waals surface area contributed by atoms with Crippen molar-refractivity contribution in [2.75, 3.05) is 38.8 Å². The van der Waals surface area contributed by atoms with E-state index in [4.69, 9.17) is 14.7 Å². The first-order valence-electron chi connectivity index (χ1n) is 5.43. The van der Waals surface area contributed by atoms with E-state index >= 15 is 0 Å². The minimum absolute atomic E-state index is 0.461. The Labute approximate surface area is 102 Å². The molecule has 0 aromatic carbocycles. The summed E-state index contributed by atoms with van der Waals surface area (Å²) in [5, 5.41) is 8.64. The van der Waals surface area contributed by atoms with Gasteiger partial charge in [-0.25, -0.2) is 0 Å². The minimum Gasteiger partial charge on any atom is -0.481 e. The zero-order chi connectivity index (χ0) is 12.5. The molecule has 5 nitrogen and oxygen atoms in total. The van der Waals surface area contributed by atoms with Gasteiger partial charge in [-0.1, -0.05) is 6.07 Å². The van der Waals surface area contributed by atoms with Crippen LogP contribution in [0.2, 0.25) is 0 Å². The third-order valence-corrected chi connectivity index (χ3v) is 2.30. The Morgan fingerprint density at radius 2 is 2.18 bits per heavy atom. The van der Waals surface area contributed by atoms with Crippen molar-refractivity contribution >= 4 is 5.82 Å². The van der Waals surface area contributed by atoms with Gasteiger partial charge in [-0.05, 0) is 6.07 Å². The van der Waals surface area contributed by atoms with Gasteiger partial charge in [0.25, 0.3) is 0 Å². The number of methoxy groups -OCH3 is 2. The first-order chi connectivity index (χ1) is 8.31. The maximum atomic E-state index is 8.64. The first kappa shape index (κ1) is 13.3. The Morgan fingerprint density at radius 1 is 1.35 bits per heavy atom. The summed E-state index contributed by atoms with van der Waals surface area (Å²) in [5.41, 5.74) is 0. The van der Waals surface area contributed by atoms with Crippen molar-refractivity contribution in [3.8, 4) is 11.9 Å². The van der Waals surface area contributed by atoms with Crippen molar-refractivity contribution in [3.63, 3.8) is 0 Å². The van der Waals surface area contributed by atoms with Crippen LogP contribution in [-0.4, -0.2) is 38.9 Å². The lowest BCUT2D eigenvalue weighted by Crippen LogP contribution is -2.29. The normalized spacial score (nSPS) is 9.71. The fourth-order valence-electron chi connectivity index (χ4n) is 1.42. The van der Waals surface area contributed by atoms with Crippen LogP contribution in [0.25, 0.3) is 0 Å². The number of nitrogens with zero attached hydrogens (tertiary/aromatic N) is 3. The summed E-state index contributed by atoms with van der Waals surface area (Å²) in [7, 11) is 3.24. The first-order valence-corrected chi connectivity index (χ1v) is 5.43. The highest BCUT2D eigenvalue weighted by Gasteiger charge is 2.08. The third-order valence-electron chi connectivity index (χ3n) is 2.30. The van der Waals surface area contributed by atoms with Crippen LogP contribution >= 0.6 is 0 Å². The molecule has 0 spiro atoms. The van der Waals surface area contributed by atoms with E-state index in [9.17, 15) is 0 Å². The molecule has 0 fully saturated rings. The molecule has 92 valence electrons. The van der Waals surface area contributed by atoms with E-state index in [0.29, 0.717) is 32.0 Å². The van der Waals surface area contributed by atoms with Gasteiger partial charge in [0.2, 0.25) is 5.88 Å². The van der Waals surface area contributed by atoms with Crippen molar-refractivity contribution in [3.05, 3.63) is 18.2 Å². The Bertz CT molecular complexity index is 376. The molecule has 0 aliphatic carbocycles. The molecule has 1 rings (SSSR count). The molecule has 5 heteroatoms. The molecule has 0 atom stereocenters. The summed E-state index contributed by atoms with van der Waals surface area (Å²) in [6, 6.07) is 7.71. The molecule has 0 saturated carbocycles. The summed E-state index contributed by atoms with van der Waals surface area (Å²) >= 11 is 0. The molecule has 0 bridgehead atoms. The Hall–Kier alpha value is -1.80. The van der Waals surface area contributed by atoms with Crippen LogP contribution in [0, 0.1) is 11.3 Å². The molecule has 0 amide bonds. The maximum Gasteiger partial charge on any atom is 0.214 e. The Balaban J connectivity index is 2.75. The molecule has 0 saturated heterocycles. The molecular formula is C12H17N3O2. The van der Waals surface area contributed by atoms with Crippen molar-refractivity contribution in [1.82, 2.24) is 4.98 Å². The van der Waals surface area contributed by atoms with Crippen LogP contribution < -0.4 is 9.64 Å². The number of aromatic nitrogens is 1. The van der Waals surface area contributed by atoms with Crippen molar-refractivity contribution in [2.24, 2.45) is 0 Å². The molecule has 0 aliphatic heterocycles. The fourth-order valence-corrected chi connectivity index (χ4v) is 1.42. The highest BCUT2D eigenvalue weighted by molar-refractivity contribution is 5.40. The van der Waals surface area contributed by atoms with Crippen molar-refractivity contribution < 1.29 is 9.47 Å². The Morgan fingerprint density at radius 3 is 2.82 bits per heavy atom. The lowest BCUT2D eigenvalue weighted by atomic mass is 10.3. The monoisotopic (exact) mass is 235 g/mol.